The molecular formula is C7H13S. The van der Waals surface area contributed by atoms with E-state index in [0.717, 1.165) is 5.92 Å². The van der Waals surface area contributed by atoms with Crippen molar-refractivity contribution in [3.05, 3.63) is 6.26 Å². The molecule has 0 bridgehead atoms. The lowest BCUT2D eigenvalue weighted by atomic mass is 10.1. The Morgan fingerprint density at radius 3 is 2.50 bits per heavy atom. The normalized spacial score (nSPS) is 22.1. The van der Waals surface area contributed by atoms with E-state index >= 15 is 0 Å². The van der Waals surface area contributed by atoms with Crippen LogP contribution in [0.2, 0.25) is 0 Å². The van der Waals surface area contributed by atoms with Gasteiger partial charge in [0.2, 0.25) is 0 Å². The highest BCUT2D eigenvalue weighted by Gasteiger charge is 2.12. The molecule has 1 heteroatoms. The number of thioether (sulfide) groups is 1. The molecule has 1 saturated carbocycles. The second-order valence-corrected chi connectivity index (χ2v) is 3.26. The van der Waals surface area contributed by atoms with Crippen LogP contribution >= 0.6 is 11.8 Å². The van der Waals surface area contributed by atoms with Crippen LogP contribution in [0.1, 0.15) is 25.7 Å². The predicted octanol–water partition coefficient (Wildman–Crippen LogP) is 2.70. The van der Waals surface area contributed by atoms with Crippen molar-refractivity contribution in [1.82, 2.24) is 0 Å². The van der Waals surface area contributed by atoms with E-state index in [0.29, 0.717) is 0 Å². The molecule has 0 N–H and O–H groups in total. The maximum absolute atomic E-state index is 3.77. The first-order valence-corrected chi connectivity index (χ1v) is 4.46. The van der Waals surface area contributed by atoms with E-state index in [1.54, 1.807) is 11.8 Å². The first-order valence-electron chi connectivity index (χ1n) is 3.30. The van der Waals surface area contributed by atoms with E-state index in [1.807, 2.05) is 0 Å². The topological polar surface area (TPSA) is 0 Å². The van der Waals surface area contributed by atoms with Gasteiger partial charge in [-0.15, -0.1) is 0 Å². The Kier molecular flexibility index (Phi) is 2.74. The van der Waals surface area contributed by atoms with Gasteiger partial charge in [0, 0.05) is 6.26 Å². The zero-order valence-corrected chi connectivity index (χ0v) is 6.04. The Morgan fingerprint density at radius 1 is 1.38 bits per heavy atom. The molecule has 1 aliphatic carbocycles. The fraction of sp³-hybridized carbons (Fsp3) is 0.857. The SMILES string of the molecule is [CH2]SCC1CCCC1. The van der Waals surface area contributed by atoms with Gasteiger partial charge in [0.25, 0.3) is 0 Å². The van der Waals surface area contributed by atoms with Gasteiger partial charge < -0.3 is 0 Å². The molecule has 0 amide bonds. The van der Waals surface area contributed by atoms with Crippen LogP contribution in [-0.2, 0) is 0 Å². The van der Waals surface area contributed by atoms with Crippen molar-refractivity contribution in [3.63, 3.8) is 0 Å². The van der Waals surface area contributed by atoms with Crippen LogP contribution in [0.4, 0.5) is 0 Å². The summed E-state index contributed by atoms with van der Waals surface area (Å²) in [6, 6.07) is 0. The van der Waals surface area contributed by atoms with Gasteiger partial charge in [0.05, 0.1) is 0 Å². The van der Waals surface area contributed by atoms with Gasteiger partial charge in [0.15, 0.2) is 0 Å². The summed E-state index contributed by atoms with van der Waals surface area (Å²) in [6.45, 7) is 0. The summed E-state index contributed by atoms with van der Waals surface area (Å²) in [4.78, 5) is 0. The second-order valence-electron chi connectivity index (χ2n) is 2.52. The predicted molar refractivity (Wildman–Crippen MR) is 39.8 cm³/mol. The number of hydrogen-bond acceptors (Lipinski definition) is 1. The van der Waals surface area contributed by atoms with Gasteiger partial charge in [-0.3, -0.25) is 0 Å². The summed E-state index contributed by atoms with van der Waals surface area (Å²) in [5, 5.41) is 0. The van der Waals surface area contributed by atoms with Crippen molar-refractivity contribution in [2.45, 2.75) is 25.7 Å². The van der Waals surface area contributed by atoms with E-state index in [4.69, 9.17) is 0 Å². The van der Waals surface area contributed by atoms with E-state index < -0.39 is 0 Å². The summed E-state index contributed by atoms with van der Waals surface area (Å²) in [7, 11) is 0. The van der Waals surface area contributed by atoms with Crippen LogP contribution in [0.25, 0.3) is 0 Å². The fourth-order valence-corrected chi connectivity index (χ4v) is 2.01. The van der Waals surface area contributed by atoms with Crippen molar-refractivity contribution in [2.24, 2.45) is 5.92 Å². The van der Waals surface area contributed by atoms with Gasteiger partial charge in [-0.25, -0.2) is 0 Å². The highest BCUT2D eigenvalue weighted by atomic mass is 32.2. The van der Waals surface area contributed by atoms with Gasteiger partial charge >= 0.3 is 0 Å². The minimum absolute atomic E-state index is 1.01. The molecule has 0 aromatic carbocycles. The molecule has 47 valence electrons. The molecule has 8 heavy (non-hydrogen) atoms. The summed E-state index contributed by atoms with van der Waals surface area (Å²) in [5.41, 5.74) is 0. The quantitative estimate of drug-likeness (QED) is 0.552. The molecular weight excluding hydrogens is 116 g/mol. The minimum Gasteiger partial charge on any atom is -0.161 e. The van der Waals surface area contributed by atoms with Crippen molar-refractivity contribution in [1.29, 1.82) is 0 Å². The summed E-state index contributed by atoms with van der Waals surface area (Å²) >= 11 is 1.75. The molecule has 1 rings (SSSR count). The Bertz CT molecular complexity index is 55.4. The highest BCUT2D eigenvalue weighted by molar-refractivity contribution is 8.00. The first-order chi connectivity index (χ1) is 3.93. The van der Waals surface area contributed by atoms with Crippen LogP contribution in [0, 0.1) is 12.2 Å². The molecule has 1 aliphatic rings. The van der Waals surface area contributed by atoms with Gasteiger partial charge in [0.1, 0.15) is 0 Å². The van der Waals surface area contributed by atoms with E-state index in [2.05, 4.69) is 6.26 Å². The molecule has 0 nitrogen and oxygen atoms in total. The average molecular weight is 129 g/mol. The molecule has 0 unspecified atom stereocenters. The van der Waals surface area contributed by atoms with Crippen molar-refractivity contribution >= 4 is 11.8 Å². The molecule has 1 radical (unpaired) electrons. The summed E-state index contributed by atoms with van der Waals surface area (Å²) < 4.78 is 0. The minimum atomic E-state index is 1.01. The van der Waals surface area contributed by atoms with E-state index in [-0.39, 0.29) is 0 Å². The summed E-state index contributed by atoms with van der Waals surface area (Å²) in [5.74, 6) is 2.30. The Hall–Kier alpha value is 0.350. The Balaban J connectivity index is 2.06. The molecule has 0 aliphatic heterocycles. The van der Waals surface area contributed by atoms with Gasteiger partial charge in [-0.05, 0) is 24.5 Å². The van der Waals surface area contributed by atoms with Crippen LogP contribution in [0.3, 0.4) is 0 Å². The Morgan fingerprint density at radius 2 is 2.00 bits per heavy atom. The molecule has 1 fully saturated rings. The van der Waals surface area contributed by atoms with Crippen molar-refractivity contribution < 1.29 is 0 Å². The van der Waals surface area contributed by atoms with Crippen LogP contribution in [-0.4, -0.2) is 5.75 Å². The molecule has 0 heterocycles. The lowest BCUT2D eigenvalue weighted by molar-refractivity contribution is 0.624. The van der Waals surface area contributed by atoms with Gasteiger partial charge in [-0.2, -0.15) is 11.8 Å². The zero-order chi connectivity index (χ0) is 5.82. The third kappa shape index (κ3) is 1.70. The maximum atomic E-state index is 3.77. The van der Waals surface area contributed by atoms with Crippen molar-refractivity contribution in [2.75, 3.05) is 5.75 Å². The van der Waals surface area contributed by atoms with Crippen LogP contribution in [0.5, 0.6) is 0 Å². The summed E-state index contributed by atoms with van der Waals surface area (Å²) in [6.07, 6.45) is 9.61. The average Bonchev–Trinajstić information content (AvgIpc) is 2.19. The molecule has 0 aromatic heterocycles. The standard InChI is InChI=1S/C7H13S/c1-8-6-7-4-2-3-5-7/h7H,1-6H2. The lowest BCUT2D eigenvalue weighted by Gasteiger charge is -2.02. The molecule has 0 atom stereocenters. The maximum Gasteiger partial charge on any atom is 0.00236 e. The Labute approximate surface area is 56.0 Å². The zero-order valence-electron chi connectivity index (χ0n) is 5.23. The van der Waals surface area contributed by atoms with E-state index in [1.165, 1.54) is 31.4 Å². The number of hydrogen-bond donors (Lipinski definition) is 0. The highest BCUT2D eigenvalue weighted by Crippen LogP contribution is 2.27. The third-order valence-electron chi connectivity index (χ3n) is 1.83. The van der Waals surface area contributed by atoms with Gasteiger partial charge in [-0.1, -0.05) is 12.8 Å². The molecule has 0 spiro atoms. The smallest absolute Gasteiger partial charge is 0.00236 e. The first kappa shape index (κ1) is 6.47. The third-order valence-corrected chi connectivity index (χ3v) is 2.54. The fourth-order valence-electron chi connectivity index (χ4n) is 1.34. The van der Waals surface area contributed by atoms with Crippen LogP contribution < -0.4 is 0 Å². The van der Waals surface area contributed by atoms with Crippen molar-refractivity contribution in [3.8, 4) is 0 Å². The molecule has 0 aromatic rings. The van der Waals surface area contributed by atoms with Crippen LogP contribution in [0.15, 0.2) is 0 Å². The monoisotopic (exact) mass is 129 g/mol. The van der Waals surface area contributed by atoms with E-state index in [9.17, 15) is 0 Å². The molecule has 0 saturated heterocycles. The number of rotatable bonds is 2. The largest absolute Gasteiger partial charge is 0.161 e. The lowest BCUT2D eigenvalue weighted by Crippen LogP contribution is -1.94. The second kappa shape index (κ2) is 3.39.